The fourth-order valence-corrected chi connectivity index (χ4v) is 5.32. The molecule has 2 atom stereocenters. The summed E-state index contributed by atoms with van der Waals surface area (Å²) in [4.78, 5) is 15.3. The molecule has 5 nitrogen and oxygen atoms in total. The van der Waals surface area contributed by atoms with E-state index < -0.39 is 0 Å². The molecule has 1 aromatic carbocycles. The molecule has 0 aliphatic heterocycles. The maximum absolute atomic E-state index is 4.92. The van der Waals surface area contributed by atoms with Crippen molar-refractivity contribution in [2.45, 2.75) is 32.1 Å². The smallest absolute Gasteiger partial charge is 0.176 e. The predicted octanol–water partition coefficient (Wildman–Crippen LogP) is 4.78. The van der Waals surface area contributed by atoms with E-state index in [1.807, 2.05) is 11.4 Å². The zero-order valence-electron chi connectivity index (χ0n) is 15.0. The molecule has 1 fully saturated rings. The van der Waals surface area contributed by atoms with Crippen LogP contribution in [-0.4, -0.2) is 24.6 Å². The van der Waals surface area contributed by atoms with Crippen LogP contribution in [0.5, 0.6) is 0 Å². The van der Waals surface area contributed by atoms with Crippen molar-refractivity contribution in [3.8, 4) is 0 Å². The van der Waals surface area contributed by atoms with Crippen LogP contribution in [0.25, 0.3) is 26.1 Å². The summed E-state index contributed by atoms with van der Waals surface area (Å²) in [6.45, 7) is 4.16. The Hall–Kier alpha value is -2.86. The summed E-state index contributed by atoms with van der Waals surface area (Å²) in [6, 6.07) is 12.8. The van der Waals surface area contributed by atoms with Gasteiger partial charge in [-0.15, -0.1) is 16.4 Å². The van der Waals surface area contributed by atoms with Gasteiger partial charge < -0.3 is 0 Å². The van der Waals surface area contributed by atoms with Crippen LogP contribution < -0.4 is 0 Å². The molecule has 6 rings (SSSR count). The van der Waals surface area contributed by atoms with E-state index in [1.165, 1.54) is 11.1 Å². The van der Waals surface area contributed by atoms with E-state index in [0.29, 0.717) is 11.8 Å². The lowest BCUT2D eigenvalue weighted by atomic mass is 10.1. The minimum atomic E-state index is 0.402. The van der Waals surface area contributed by atoms with Gasteiger partial charge in [0.05, 0.1) is 5.52 Å². The lowest BCUT2D eigenvalue weighted by Gasteiger charge is -1.98. The first kappa shape index (κ1) is 15.2. The Labute approximate surface area is 159 Å². The number of fused-ring (bicyclic) bond motifs is 5. The summed E-state index contributed by atoms with van der Waals surface area (Å²) >= 11 is 1.67. The quantitative estimate of drug-likeness (QED) is 0.448. The molecule has 27 heavy (non-hydrogen) atoms. The van der Waals surface area contributed by atoms with Crippen molar-refractivity contribution in [1.82, 2.24) is 24.6 Å². The van der Waals surface area contributed by atoms with Gasteiger partial charge in [0.1, 0.15) is 15.9 Å². The second kappa shape index (κ2) is 5.33. The number of hydrogen-bond donors (Lipinski definition) is 0. The molecule has 132 valence electrons. The summed E-state index contributed by atoms with van der Waals surface area (Å²) in [5.41, 5.74) is 5.51. The maximum Gasteiger partial charge on any atom is 0.176 e. The second-order valence-electron chi connectivity index (χ2n) is 7.38. The van der Waals surface area contributed by atoms with E-state index in [1.54, 1.807) is 17.7 Å². The maximum atomic E-state index is 4.92. The summed E-state index contributed by atoms with van der Waals surface area (Å²) < 4.78 is 2.90. The highest BCUT2D eigenvalue weighted by Gasteiger charge is 2.42. The molecule has 4 heterocycles. The minimum Gasteiger partial charge on any atom is -0.242 e. The molecule has 6 heteroatoms. The number of aryl methyl sites for hydroxylation is 2. The predicted molar refractivity (Wildman–Crippen MR) is 107 cm³/mol. The van der Waals surface area contributed by atoms with Gasteiger partial charge in [-0.3, -0.25) is 0 Å². The zero-order chi connectivity index (χ0) is 18.1. The molecular weight excluding hydrogens is 354 g/mol. The number of hydrogen-bond acceptors (Lipinski definition) is 5. The first-order valence-electron chi connectivity index (χ1n) is 9.16. The zero-order valence-corrected chi connectivity index (χ0v) is 15.9. The average molecular weight is 371 g/mol. The monoisotopic (exact) mass is 371 g/mol. The third-order valence-electron chi connectivity index (χ3n) is 5.46. The van der Waals surface area contributed by atoms with Crippen molar-refractivity contribution < 1.29 is 0 Å². The first-order chi connectivity index (χ1) is 13.2. The van der Waals surface area contributed by atoms with Gasteiger partial charge >= 0.3 is 0 Å². The van der Waals surface area contributed by atoms with Crippen LogP contribution in [0.3, 0.4) is 0 Å². The van der Waals surface area contributed by atoms with Gasteiger partial charge in [0.15, 0.2) is 11.5 Å². The molecule has 0 saturated heterocycles. The molecular formula is C21H17N5S. The molecule has 1 aliphatic rings. The molecule has 0 amide bonds. The van der Waals surface area contributed by atoms with Crippen molar-refractivity contribution in [3.63, 3.8) is 0 Å². The van der Waals surface area contributed by atoms with E-state index in [-0.39, 0.29) is 0 Å². The largest absolute Gasteiger partial charge is 0.242 e. The number of pyridine rings is 1. The number of rotatable bonds is 2. The van der Waals surface area contributed by atoms with Crippen LogP contribution in [0, 0.1) is 13.8 Å². The van der Waals surface area contributed by atoms with Gasteiger partial charge in [-0.25, -0.2) is 19.5 Å². The molecule has 5 aromatic rings. The highest BCUT2D eigenvalue weighted by molar-refractivity contribution is 7.26. The number of benzene rings is 1. The van der Waals surface area contributed by atoms with E-state index >= 15 is 0 Å². The molecule has 0 N–H and O–H groups in total. The van der Waals surface area contributed by atoms with Crippen LogP contribution in [0.4, 0.5) is 0 Å². The Morgan fingerprint density at radius 1 is 1.07 bits per heavy atom. The normalized spacial score (nSPS) is 19.3. The Morgan fingerprint density at radius 3 is 2.78 bits per heavy atom. The third-order valence-corrected chi connectivity index (χ3v) is 6.53. The van der Waals surface area contributed by atoms with Gasteiger partial charge in [-0.1, -0.05) is 30.3 Å². The number of nitrogens with zero attached hydrogens (tertiary/aromatic N) is 5. The third kappa shape index (κ3) is 2.23. The van der Waals surface area contributed by atoms with E-state index in [9.17, 15) is 0 Å². The molecule has 0 spiro atoms. The first-order valence-corrected chi connectivity index (χ1v) is 9.97. The lowest BCUT2D eigenvalue weighted by Crippen LogP contribution is -1.91. The molecule has 4 aromatic heterocycles. The Bertz CT molecular complexity index is 1330. The summed E-state index contributed by atoms with van der Waals surface area (Å²) in [5.74, 6) is 1.86. The van der Waals surface area contributed by atoms with Gasteiger partial charge in [0.25, 0.3) is 0 Å². The van der Waals surface area contributed by atoms with Crippen molar-refractivity contribution in [2.75, 3.05) is 0 Å². The molecule has 1 aliphatic carbocycles. The van der Waals surface area contributed by atoms with Crippen molar-refractivity contribution in [1.29, 1.82) is 0 Å². The number of thiophene rings is 1. The SMILES string of the molecule is Cc1cc(C)c2c(n1)sc1c2ncn2nc([C@H]3C[C@H]3c3ccccc3)nc12. The Balaban J connectivity index is 1.50. The van der Waals surface area contributed by atoms with Crippen LogP contribution in [-0.2, 0) is 0 Å². The lowest BCUT2D eigenvalue weighted by molar-refractivity contribution is 0.850. The van der Waals surface area contributed by atoms with Crippen molar-refractivity contribution >= 4 is 37.4 Å². The van der Waals surface area contributed by atoms with Crippen LogP contribution in [0.2, 0.25) is 0 Å². The molecule has 0 radical (unpaired) electrons. The summed E-state index contributed by atoms with van der Waals surface area (Å²) in [6.07, 6.45) is 2.91. The van der Waals surface area contributed by atoms with E-state index in [2.05, 4.69) is 48.3 Å². The second-order valence-corrected chi connectivity index (χ2v) is 8.38. The standard InChI is InChI=1S/C21H17N5S/c1-11-8-12(2)23-21-16(11)17-18(27-21)20-24-19(25-26(20)10-22-17)15-9-14(15)13-6-4-3-5-7-13/h3-8,10,14-15H,9H2,1-2H3/t14-,15-/m0/s1. The van der Waals surface area contributed by atoms with Crippen molar-refractivity contribution in [3.05, 3.63) is 65.4 Å². The number of aromatic nitrogens is 5. The molecule has 0 bridgehead atoms. The van der Waals surface area contributed by atoms with Crippen molar-refractivity contribution in [2.24, 2.45) is 0 Å². The molecule has 0 unspecified atom stereocenters. The van der Waals surface area contributed by atoms with Gasteiger partial charge in [-0.05, 0) is 43.4 Å². The Kier molecular flexibility index (Phi) is 3.00. The minimum absolute atomic E-state index is 0.402. The topological polar surface area (TPSA) is 56.0 Å². The van der Waals surface area contributed by atoms with Crippen LogP contribution >= 0.6 is 11.3 Å². The van der Waals surface area contributed by atoms with E-state index in [4.69, 9.17) is 15.1 Å². The van der Waals surface area contributed by atoms with Gasteiger partial charge in [0.2, 0.25) is 0 Å². The van der Waals surface area contributed by atoms with Crippen LogP contribution in [0.15, 0.2) is 42.7 Å². The summed E-state index contributed by atoms with van der Waals surface area (Å²) in [7, 11) is 0. The fraction of sp³-hybridized carbons (Fsp3) is 0.238. The van der Waals surface area contributed by atoms with Gasteiger partial charge in [0, 0.05) is 17.0 Å². The van der Waals surface area contributed by atoms with E-state index in [0.717, 1.165) is 44.0 Å². The fourth-order valence-electron chi connectivity index (χ4n) is 4.09. The van der Waals surface area contributed by atoms with Crippen LogP contribution in [0.1, 0.15) is 40.9 Å². The van der Waals surface area contributed by atoms with Gasteiger partial charge in [-0.2, -0.15) is 0 Å². The average Bonchev–Trinajstić information content (AvgIpc) is 3.19. The highest BCUT2D eigenvalue weighted by Crippen LogP contribution is 2.53. The molecule has 1 saturated carbocycles. The highest BCUT2D eigenvalue weighted by atomic mass is 32.1. The Morgan fingerprint density at radius 2 is 1.93 bits per heavy atom. The summed E-state index contributed by atoms with van der Waals surface area (Å²) in [5, 5.41) is 5.88.